The Bertz CT molecular complexity index is 679. The molecule has 0 heterocycles. The second kappa shape index (κ2) is 5.84. The highest BCUT2D eigenvalue weighted by molar-refractivity contribution is 8.72. The fourth-order valence-corrected chi connectivity index (χ4v) is 4.29. The van der Waals surface area contributed by atoms with Crippen LogP contribution in [0.2, 0.25) is 0 Å². The topological polar surface area (TPSA) is 80.7 Å². The number of benzene rings is 2. The fourth-order valence-electron chi connectivity index (χ4n) is 1.51. The van der Waals surface area contributed by atoms with Crippen molar-refractivity contribution in [2.45, 2.75) is 16.7 Å². The van der Waals surface area contributed by atoms with Gasteiger partial charge in [0, 0.05) is 15.7 Å². The third-order valence-electron chi connectivity index (χ3n) is 2.57. The molecule has 0 aromatic heterocycles. The molecule has 0 bridgehead atoms. The Hall–Kier alpha value is -1.54. The monoisotopic (exact) mass is 310 g/mol. The van der Waals surface area contributed by atoms with Gasteiger partial charge in [-0.3, -0.25) is 5.21 Å². The van der Waals surface area contributed by atoms with Crippen molar-refractivity contribution in [3.63, 3.8) is 0 Å². The molecule has 2 aromatic rings. The zero-order chi connectivity index (χ0) is 14.8. The Morgan fingerprint density at radius 1 is 1.05 bits per heavy atom. The van der Waals surface area contributed by atoms with Gasteiger partial charge in [-0.25, -0.2) is 8.42 Å². The van der Waals surface area contributed by atoms with Gasteiger partial charge in [0.15, 0.2) is 0 Å². The van der Waals surface area contributed by atoms with Crippen LogP contribution >= 0.6 is 10.8 Å². The molecule has 0 unspecified atom stereocenters. The van der Waals surface area contributed by atoms with Crippen molar-refractivity contribution in [3.05, 3.63) is 59.3 Å². The summed E-state index contributed by atoms with van der Waals surface area (Å²) < 4.78 is 24.4. The zero-order valence-corrected chi connectivity index (χ0v) is 12.2. The van der Waals surface area contributed by atoms with E-state index < -0.39 is 8.87 Å². The molecule has 0 aliphatic heterocycles. The van der Waals surface area contributed by atoms with E-state index in [4.69, 9.17) is 5.21 Å². The van der Waals surface area contributed by atoms with E-state index in [1.54, 1.807) is 12.1 Å². The Morgan fingerprint density at radius 3 is 2.10 bits per heavy atom. The molecule has 20 heavy (non-hydrogen) atoms. The van der Waals surface area contributed by atoms with Crippen LogP contribution in [0.1, 0.15) is 5.56 Å². The first-order chi connectivity index (χ1) is 9.38. The van der Waals surface area contributed by atoms with E-state index in [2.05, 4.69) is 0 Å². The Morgan fingerprint density at radius 2 is 1.60 bits per heavy atom. The van der Waals surface area contributed by atoms with Crippen molar-refractivity contribution in [2.24, 2.45) is 0 Å². The molecule has 2 aromatic carbocycles. The zero-order valence-electron chi connectivity index (χ0n) is 10.6. The van der Waals surface area contributed by atoms with Gasteiger partial charge in [0.05, 0.1) is 10.6 Å². The minimum absolute atomic E-state index is 0.0238. The second-order valence-corrected chi connectivity index (χ2v) is 7.95. The number of aryl methyl sites for hydroxylation is 1. The van der Waals surface area contributed by atoms with Gasteiger partial charge in [-0.2, -0.15) is 0 Å². The molecule has 0 aliphatic rings. The Kier molecular flexibility index (Phi) is 4.34. The molecule has 7 heteroatoms. The van der Waals surface area contributed by atoms with Crippen LogP contribution < -0.4 is 5.23 Å². The molecule has 106 valence electrons. The Labute approximate surface area is 120 Å². The van der Waals surface area contributed by atoms with Gasteiger partial charge in [-0.05, 0) is 43.3 Å². The largest absolute Gasteiger partial charge is 0.733 e. The van der Waals surface area contributed by atoms with Gasteiger partial charge in [-0.1, -0.05) is 17.7 Å². The van der Waals surface area contributed by atoms with E-state index in [-0.39, 0.29) is 15.8 Å². The molecule has 0 radical (unpaired) electrons. The summed E-state index contributed by atoms with van der Waals surface area (Å²) in [7, 11) is -2.81. The lowest BCUT2D eigenvalue weighted by Crippen LogP contribution is -2.07. The van der Waals surface area contributed by atoms with E-state index in [0.717, 1.165) is 16.4 Å². The first-order valence-electron chi connectivity index (χ1n) is 5.66. The van der Waals surface area contributed by atoms with Crippen LogP contribution in [0, 0.1) is 12.1 Å². The van der Waals surface area contributed by atoms with Gasteiger partial charge >= 0.3 is 0 Å². The van der Waals surface area contributed by atoms with E-state index >= 15 is 0 Å². The third kappa shape index (κ3) is 3.51. The van der Waals surface area contributed by atoms with Crippen LogP contribution in [0.4, 0.5) is 5.69 Å². The van der Waals surface area contributed by atoms with Crippen LogP contribution in [0.5, 0.6) is 0 Å². The summed E-state index contributed by atoms with van der Waals surface area (Å²) >= 11 is 0. The minimum atomic E-state index is -3.55. The van der Waals surface area contributed by atoms with E-state index in [9.17, 15) is 13.6 Å². The second-order valence-electron chi connectivity index (χ2n) is 4.12. The number of rotatable bonds is 4. The van der Waals surface area contributed by atoms with Crippen LogP contribution in [-0.4, -0.2) is 13.6 Å². The van der Waals surface area contributed by atoms with Gasteiger partial charge < -0.3 is 10.4 Å². The average Bonchev–Trinajstić information content (AvgIpc) is 2.41. The average molecular weight is 310 g/mol. The normalized spacial score (nSPS) is 11.3. The van der Waals surface area contributed by atoms with Crippen LogP contribution in [-0.2, 0) is 8.87 Å². The standard InChI is InChI=1S/C13H12NO4S2/c1-10-2-6-12(7-3-10)19-20(17,18)13-8-4-11(5-9-13)14(15)16/h2-9,15H,1H3/q-1. The van der Waals surface area contributed by atoms with Crippen LogP contribution in [0.25, 0.3) is 0 Å². The van der Waals surface area contributed by atoms with Crippen molar-refractivity contribution < 1.29 is 13.6 Å². The number of anilines is 1. The molecule has 0 aliphatic carbocycles. The highest BCUT2D eigenvalue weighted by Crippen LogP contribution is 2.31. The van der Waals surface area contributed by atoms with Crippen LogP contribution in [0.3, 0.4) is 0 Å². The number of hydrogen-bond acceptors (Lipinski definition) is 6. The maximum Gasteiger partial charge on any atom is 0.234 e. The van der Waals surface area contributed by atoms with Crippen LogP contribution in [0.15, 0.2) is 58.3 Å². The van der Waals surface area contributed by atoms with Crippen molar-refractivity contribution in [1.29, 1.82) is 0 Å². The van der Waals surface area contributed by atoms with Gasteiger partial charge in [-0.15, -0.1) is 0 Å². The molecule has 0 atom stereocenters. The van der Waals surface area contributed by atoms with Crippen molar-refractivity contribution in [3.8, 4) is 0 Å². The minimum Gasteiger partial charge on any atom is -0.733 e. The van der Waals surface area contributed by atoms with Crippen molar-refractivity contribution in [2.75, 3.05) is 5.23 Å². The summed E-state index contributed by atoms with van der Waals surface area (Å²) in [6.45, 7) is 1.92. The molecular formula is C13H12NO4S2-. The first kappa shape index (κ1) is 14.9. The number of hydrogen-bond donors (Lipinski definition) is 1. The highest BCUT2D eigenvalue weighted by Gasteiger charge is 2.16. The lowest BCUT2D eigenvalue weighted by atomic mass is 10.2. The highest BCUT2D eigenvalue weighted by atomic mass is 33.1. The Balaban J connectivity index is 2.23. The quantitative estimate of drug-likeness (QED) is 0.690. The summed E-state index contributed by atoms with van der Waals surface area (Å²) in [6, 6.07) is 12.2. The molecular weight excluding hydrogens is 298 g/mol. The predicted molar refractivity (Wildman–Crippen MR) is 78.3 cm³/mol. The lowest BCUT2D eigenvalue weighted by molar-refractivity contribution is 0.296. The summed E-state index contributed by atoms with van der Waals surface area (Å²) in [5.74, 6) is 0. The molecule has 0 saturated heterocycles. The molecule has 0 fully saturated rings. The van der Waals surface area contributed by atoms with Gasteiger partial charge in [0.2, 0.25) is 8.87 Å². The van der Waals surface area contributed by atoms with Crippen molar-refractivity contribution >= 4 is 25.4 Å². The van der Waals surface area contributed by atoms with E-state index in [0.29, 0.717) is 4.90 Å². The third-order valence-corrected chi connectivity index (χ3v) is 5.92. The van der Waals surface area contributed by atoms with Crippen molar-refractivity contribution in [1.82, 2.24) is 0 Å². The summed E-state index contributed by atoms with van der Waals surface area (Å²) in [6.07, 6.45) is 0. The molecule has 5 nitrogen and oxygen atoms in total. The maximum absolute atomic E-state index is 12.2. The van der Waals surface area contributed by atoms with E-state index in [1.165, 1.54) is 24.3 Å². The molecule has 2 rings (SSSR count). The maximum atomic E-state index is 12.2. The SMILES string of the molecule is Cc1ccc(SS(=O)(=O)c2ccc(N([O-])O)cc2)cc1. The molecule has 0 saturated carbocycles. The molecule has 1 N–H and O–H groups in total. The summed E-state index contributed by atoms with van der Waals surface area (Å²) in [5, 5.41) is 19.0. The molecule has 0 amide bonds. The first-order valence-corrected chi connectivity index (χ1v) is 8.47. The lowest BCUT2D eigenvalue weighted by Gasteiger charge is -2.21. The molecule has 0 spiro atoms. The summed E-state index contributed by atoms with van der Waals surface area (Å²) in [4.78, 5) is 0.695. The van der Waals surface area contributed by atoms with Gasteiger partial charge in [0.1, 0.15) is 0 Å². The smallest absolute Gasteiger partial charge is 0.234 e. The van der Waals surface area contributed by atoms with E-state index in [1.807, 2.05) is 19.1 Å². The van der Waals surface area contributed by atoms with Gasteiger partial charge in [0.25, 0.3) is 0 Å². The predicted octanol–water partition coefficient (Wildman–Crippen LogP) is 3.17. The number of nitrogens with zero attached hydrogens (tertiary/aromatic N) is 1. The fraction of sp³-hybridized carbons (Fsp3) is 0.0769. The summed E-state index contributed by atoms with van der Waals surface area (Å²) in [5.41, 5.74) is 1.03.